The van der Waals surface area contributed by atoms with Crippen LogP contribution in [0.1, 0.15) is 23.4 Å². The number of carboxylic acids is 1. The number of carboxylic acid groups (broad SMARTS) is 1. The van der Waals surface area contributed by atoms with Crippen LogP contribution in [0.3, 0.4) is 0 Å². The minimum atomic E-state index is -1.21. The Labute approximate surface area is 153 Å². The van der Waals surface area contributed by atoms with E-state index in [0.29, 0.717) is 10.0 Å². The van der Waals surface area contributed by atoms with Crippen molar-refractivity contribution in [1.29, 1.82) is 0 Å². The largest absolute Gasteiger partial charge is 0.480 e. The van der Waals surface area contributed by atoms with Gasteiger partial charge in [0.2, 0.25) is 5.91 Å². The molecule has 1 aliphatic heterocycles. The molecule has 0 spiro atoms. The molecule has 1 fully saturated rings. The van der Waals surface area contributed by atoms with E-state index in [-0.39, 0.29) is 12.5 Å². The molecule has 0 bridgehead atoms. The molecule has 4 N–H and O–H groups in total. The van der Waals surface area contributed by atoms with E-state index in [1.54, 1.807) is 6.92 Å². The highest BCUT2D eigenvalue weighted by Crippen LogP contribution is 2.32. The molecule has 1 aliphatic rings. The first-order chi connectivity index (χ1) is 12.4. The molecule has 1 aromatic carbocycles. The Hall–Kier alpha value is -2.94. The SMILES string of the molecule is C[C@@H](NC(=O)N1C(=O)C(Cc2cnc(N)s2)[C@H]1C(=O)O)c1ccccc1. The number of urea groups is 1. The first kappa shape index (κ1) is 17.9. The summed E-state index contributed by atoms with van der Waals surface area (Å²) in [5.41, 5.74) is 6.42. The van der Waals surface area contributed by atoms with Crippen LogP contribution in [-0.4, -0.2) is 38.9 Å². The lowest BCUT2D eigenvalue weighted by Gasteiger charge is -2.43. The zero-order chi connectivity index (χ0) is 18.8. The number of nitrogens with zero attached hydrogens (tertiary/aromatic N) is 2. The van der Waals surface area contributed by atoms with E-state index in [4.69, 9.17) is 5.73 Å². The molecule has 0 radical (unpaired) electrons. The zero-order valence-electron chi connectivity index (χ0n) is 14.0. The second-order valence-electron chi connectivity index (χ2n) is 6.05. The summed E-state index contributed by atoms with van der Waals surface area (Å²) in [7, 11) is 0. The van der Waals surface area contributed by atoms with Crippen molar-refractivity contribution >= 4 is 34.4 Å². The topological polar surface area (TPSA) is 126 Å². The fourth-order valence-electron chi connectivity index (χ4n) is 2.97. The molecule has 1 aromatic heterocycles. The number of anilines is 1. The molecule has 136 valence electrons. The van der Waals surface area contributed by atoms with Crippen LogP contribution in [0.2, 0.25) is 0 Å². The van der Waals surface area contributed by atoms with Gasteiger partial charge in [0.1, 0.15) is 0 Å². The molecular weight excluding hydrogens is 356 g/mol. The van der Waals surface area contributed by atoms with E-state index in [1.807, 2.05) is 30.3 Å². The minimum Gasteiger partial charge on any atom is -0.480 e. The number of hydrogen-bond donors (Lipinski definition) is 3. The predicted molar refractivity (Wildman–Crippen MR) is 95.4 cm³/mol. The van der Waals surface area contributed by atoms with Crippen molar-refractivity contribution < 1.29 is 19.5 Å². The molecule has 2 heterocycles. The molecule has 0 aliphatic carbocycles. The number of likely N-dealkylation sites (tertiary alicyclic amines) is 1. The van der Waals surface area contributed by atoms with Crippen LogP contribution in [0.4, 0.5) is 9.93 Å². The highest BCUT2D eigenvalue weighted by molar-refractivity contribution is 7.15. The van der Waals surface area contributed by atoms with Gasteiger partial charge in [-0.3, -0.25) is 4.79 Å². The van der Waals surface area contributed by atoms with Crippen molar-refractivity contribution in [3.8, 4) is 0 Å². The standard InChI is InChI=1S/C17H18N4O4S/c1-9(10-5-3-2-4-6-10)20-17(25)21-13(15(23)24)12(14(21)22)7-11-8-19-16(18)26-11/h2-6,8-9,12-13H,7H2,1H3,(H2,18,19)(H,20,25)(H,23,24)/t9-,12?,13+/m1/s1. The molecule has 2 aromatic rings. The number of carbonyl (C=O) groups is 3. The predicted octanol–water partition coefficient (Wildman–Crippen LogP) is 1.65. The van der Waals surface area contributed by atoms with Gasteiger partial charge >= 0.3 is 12.0 Å². The number of imide groups is 1. The molecule has 8 nitrogen and oxygen atoms in total. The van der Waals surface area contributed by atoms with Gasteiger partial charge in [-0.05, 0) is 18.9 Å². The highest BCUT2D eigenvalue weighted by Gasteiger charge is 2.54. The first-order valence-electron chi connectivity index (χ1n) is 8.00. The molecular formula is C17H18N4O4S. The number of benzene rings is 1. The monoisotopic (exact) mass is 374 g/mol. The van der Waals surface area contributed by atoms with E-state index < -0.39 is 29.9 Å². The molecule has 3 atom stereocenters. The fraction of sp³-hybridized carbons (Fsp3) is 0.294. The number of nitrogen functional groups attached to an aromatic ring is 1. The summed E-state index contributed by atoms with van der Waals surface area (Å²) in [6.07, 6.45) is 1.72. The van der Waals surface area contributed by atoms with Crippen LogP contribution in [0, 0.1) is 5.92 Å². The smallest absolute Gasteiger partial charge is 0.327 e. The average molecular weight is 374 g/mol. The summed E-state index contributed by atoms with van der Waals surface area (Å²) in [6, 6.07) is 6.95. The molecule has 0 saturated carbocycles. The summed E-state index contributed by atoms with van der Waals surface area (Å²) in [5, 5.41) is 12.5. The van der Waals surface area contributed by atoms with Crippen LogP contribution in [-0.2, 0) is 16.0 Å². The van der Waals surface area contributed by atoms with Crippen LogP contribution in [0.25, 0.3) is 0 Å². The van der Waals surface area contributed by atoms with Gasteiger partial charge in [0.05, 0.1) is 12.0 Å². The zero-order valence-corrected chi connectivity index (χ0v) is 14.8. The second kappa shape index (κ2) is 7.12. The summed E-state index contributed by atoms with van der Waals surface area (Å²) in [5.74, 6) is -2.53. The highest BCUT2D eigenvalue weighted by atomic mass is 32.1. The third-order valence-electron chi connectivity index (χ3n) is 4.32. The number of nitrogens with two attached hydrogens (primary N) is 1. The molecule has 26 heavy (non-hydrogen) atoms. The summed E-state index contributed by atoms with van der Waals surface area (Å²) < 4.78 is 0. The lowest BCUT2D eigenvalue weighted by molar-refractivity contribution is -0.165. The lowest BCUT2D eigenvalue weighted by Crippen LogP contribution is -2.68. The average Bonchev–Trinajstić information content (AvgIpc) is 3.02. The lowest BCUT2D eigenvalue weighted by atomic mass is 9.84. The summed E-state index contributed by atoms with van der Waals surface area (Å²) >= 11 is 1.20. The van der Waals surface area contributed by atoms with E-state index in [2.05, 4.69) is 10.3 Å². The van der Waals surface area contributed by atoms with Gasteiger partial charge in [0.15, 0.2) is 11.2 Å². The number of rotatable bonds is 5. The van der Waals surface area contributed by atoms with Crippen LogP contribution in [0.5, 0.6) is 0 Å². The van der Waals surface area contributed by atoms with Crippen molar-refractivity contribution in [2.24, 2.45) is 5.92 Å². The molecule has 9 heteroatoms. The maximum Gasteiger partial charge on any atom is 0.327 e. The van der Waals surface area contributed by atoms with Crippen LogP contribution >= 0.6 is 11.3 Å². The Bertz CT molecular complexity index is 838. The van der Waals surface area contributed by atoms with Gasteiger partial charge in [0.25, 0.3) is 0 Å². The van der Waals surface area contributed by atoms with E-state index in [0.717, 1.165) is 10.5 Å². The summed E-state index contributed by atoms with van der Waals surface area (Å²) in [6.45, 7) is 1.77. The Morgan fingerprint density at radius 1 is 1.38 bits per heavy atom. The minimum absolute atomic E-state index is 0.197. The number of hydrogen-bond acceptors (Lipinski definition) is 6. The Kier molecular flexibility index (Phi) is 4.90. The normalized spacial score (nSPS) is 20.3. The molecule has 3 rings (SSSR count). The number of nitrogens with one attached hydrogen (secondary N) is 1. The van der Waals surface area contributed by atoms with Crippen molar-refractivity contribution in [1.82, 2.24) is 15.2 Å². The quantitative estimate of drug-likeness (QED) is 0.683. The van der Waals surface area contributed by atoms with Crippen LogP contribution in [0.15, 0.2) is 36.5 Å². The van der Waals surface area contributed by atoms with Gasteiger partial charge in [0, 0.05) is 11.1 Å². The Morgan fingerprint density at radius 3 is 2.65 bits per heavy atom. The first-order valence-corrected chi connectivity index (χ1v) is 8.81. The van der Waals surface area contributed by atoms with Crippen molar-refractivity contribution in [3.63, 3.8) is 0 Å². The van der Waals surface area contributed by atoms with E-state index in [9.17, 15) is 19.5 Å². The Morgan fingerprint density at radius 2 is 2.08 bits per heavy atom. The second-order valence-corrected chi connectivity index (χ2v) is 7.20. The van der Waals surface area contributed by atoms with Crippen molar-refractivity contribution in [2.45, 2.75) is 25.4 Å². The van der Waals surface area contributed by atoms with Gasteiger partial charge < -0.3 is 16.2 Å². The molecule has 3 amide bonds. The van der Waals surface area contributed by atoms with Crippen molar-refractivity contribution in [2.75, 3.05) is 5.73 Å². The maximum absolute atomic E-state index is 12.4. The molecule has 1 unspecified atom stereocenters. The van der Waals surface area contributed by atoms with E-state index in [1.165, 1.54) is 17.5 Å². The Balaban J connectivity index is 1.70. The van der Waals surface area contributed by atoms with Gasteiger partial charge in [-0.25, -0.2) is 19.5 Å². The van der Waals surface area contributed by atoms with Gasteiger partial charge in [-0.1, -0.05) is 30.3 Å². The third-order valence-corrected chi connectivity index (χ3v) is 5.17. The van der Waals surface area contributed by atoms with Crippen molar-refractivity contribution in [3.05, 3.63) is 47.0 Å². The number of amides is 3. The van der Waals surface area contributed by atoms with E-state index >= 15 is 0 Å². The number of thiazole rings is 1. The third kappa shape index (κ3) is 3.38. The number of aromatic nitrogens is 1. The number of aliphatic carboxylic acids is 1. The fourth-order valence-corrected chi connectivity index (χ4v) is 3.71. The summed E-state index contributed by atoms with van der Waals surface area (Å²) in [4.78, 5) is 41.8. The number of β-lactam (4-membered cyclic amide) rings is 1. The van der Waals surface area contributed by atoms with Gasteiger partial charge in [-0.2, -0.15) is 0 Å². The maximum atomic E-state index is 12.4. The molecule has 1 saturated heterocycles. The van der Waals surface area contributed by atoms with Crippen LogP contribution < -0.4 is 11.1 Å². The van der Waals surface area contributed by atoms with Gasteiger partial charge in [-0.15, -0.1) is 11.3 Å². The number of carbonyl (C=O) groups excluding carboxylic acids is 2.